The number of para-hydroxylation sites is 2. The van der Waals surface area contributed by atoms with Gasteiger partial charge in [0.2, 0.25) is 5.91 Å². The van der Waals surface area contributed by atoms with E-state index in [1.165, 1.54) is 5.56 Å². The average Bonchev–Trinajstić information content (AvgIpc) is 3.41. The Balaban J connectivity index is 1.34. The van der Waals surface area contributed by atoms with Crippen LogP contribution in [-0.4, -0.2) is 35.2 Å². The van der Waals surface area contributed by atoms with Crippen molar-refractivity contribution in [3.8, 4) is 11.5 Å². The van der Waals surface area contributed by atoms with Crippen LogP contribution in [0.15, 0.2) is 71.2 Å². The Morgan fingerprint density at radius 1 is 0.970 bits per heavy atom. The molecule has 1 aromatic heterocycles. The molecule has 3 aromatic carbocycles. The predicted octanol–water partition coefficient (Wildman–Crippen LogP) is 5.14. The molecule has 2 aliphatic heterocycles. The molecule has 3 heterocycles. The molecule has 2 aliphatic rings. The van der Waals surface area contributed by atoms with E-state index in [-0.39, 0.29) is 11.8 Å². The standard InChI is InChI=1S/C26H22BrN3O3/c27-19-7-5-17(6-8-19)15-30-22-4-2-1-3-21(22)28-26(30)18-13-25(31)29(16-18)20-9-10-23-24(14-20)33-12-11-32-23/h1-10,14,18H,11-13,15-16H2. The zero-order valence-electron chi connectivity index (χ0n) is 17.9. The van der Waals surface area contributed by atoms with Crippen molar-refractivity contribution in [3.05, 3.63) is 82.6 Å². The zero-order valence-corrected chi connectivity index (χ0v) is 19.5. The molecule has 33 heavy (non-hydrogen) atoms. The Kier molecular flexibility index (Phi) is 5.06. The minimum Gasteiger partial charge on any atom is -0.486 e. The van der Waals surface area contributed by atoms with Crippen LogP contribution in [0.4, 0.5) is 5.69 Å². The molecule has 6 rings (SSSR count). The third kappa shape index (κ3) is 3.76. The second kappa shape index (κ2) is 8.23. The molecule has 0 spiro atoms. The number of hydrogen-bond acceptors (Lipinski definition) is 4. The largest absolute Gasteiger partial charge is 0.486 e. The number of aromatic nitrogens is 2. The number of carbonyl (C=O) groups is 1. The Morgan fingerprint density at radius 3 is 2.61 bits per heavy atom. The summed E-state index contributed by atoms with van der Waals surface area (Å²) in [5.41, 5.74) is 4.06. The minimum atomic E-state index is 0.00792. The zero-order chi connectivity index (χ0) is 22.4. The molecule has 166 valence electrons. The van der Waals surface area contributed by atoms with E-state index in [9.17, 15) is 4.79 Å². The van der Waals surface area contributed by atoms with Gasteiger partial charge in [0.1, 0.15) is 19.0 Å². The molecule has 1 fully saturated rings. The summed E-state index contributed by atoms with van der Waals surface area (Å²) in [5.74, 6) is 2.47. The highest BCUT2D eigenvalue weighted by Crippen LogP contribution is 2.38. The number of anilines is 1. The number of nitrogens with zero attached hydrogens (tertiary/aromatic N) is 3. The van der Waals surface area contributed by atoms with Crippen molar-refractivity contribution in [1.82, 2.24) is 9.55 Å². The lowest BCUT2D eigenvalue weighted by Gasteiger charge is -2.22. The summed E-state index contributed by atoms with van der Waals surface area (Å²) in [7, 11) is 0. The number of hydrogen-bond donors (Lipinski definition) is 0. The average molecular weight is 504 g/mol. The summed E-state index contributed by atoms with van der Waals surface area (Å²) < 4.78 is 14.7. The minimum absolute atomic E-state index is 0.00792. The van der Waals surface area contributed by atoms with Gasteiger partial charge in [-0.2, -0.15) is 0 Å². The van der Waals surface area contributed by atoms with Crippen molar-refractivity contribution < 1.29 is 14.3 Å². The summed E-state index contributed by atoms with van der Waals surface area (Å²) in [6.45, 7) is 2.36. The molecule has 0 saturated carbocycles. The molecular formula is C26H22BrN3O3. The van der Waals surface area contributed by atoms with Crippen molar-refractivity contribution in [3.63, 3.8) is 0 Å². The fourth-order valence-corrected chi connectivity index (χ4v) is 4.94. The van der Waals surface area contributed by atoms with Crippen LogP contribution in [0.5, 0.6) is 11.5 Å². The maximum absolute atomic E-state index is 13.1. The third-order valence-electron chi connectivity index (χ3n) is 6.27. The lowest BCUT2D eigenvalue weighted by molar-refractivity contribution is -0.117. The van der Waals surface area contributed by atoms with E-state index in [1.54, 1.807) is 0 Å². The molecule has 0 bridgehead atoms. The van der Waals surface area contributed by atoms with Crippen molar-refractivity contribution >= 4 is 38.6 Å². The topological polar surface area (TPSA) is 56.6 Å². The predicted molar refractivity (Wildman–Crippen MR) is 130 cm³/mol. The first-order valence-electron chi connectivity index (χ1n) is 11.1. The Labute approximate surface area is 199 Å². The second-order valence-electron chi connectivity index (χ2n) is 8.40. The number of rotatable bonds is 4. The van der Waals surface area contributed by atoms with Crippen LogP contribution < -0.4 is 14.4 Å². The van der Waals surface area contributed by atoms with Crippen LogP contribution in [-0.2, 0) is 11.3 Å². The molecule has 4 aromatic rings. The fraction of sp³-hybridized carbons (Fsp3) is 0.231. The van der Waals surface area contributed by atoms with E-state index in [0.29, 0.717) is 38.5 Å². The maximum Gasteiger partial charge on any atom is 0.227 e. The normalized spacial score (nSPS) is 17.7. The van der Waals surface area contributed by atoms with E-state index in [0.717, 1.165) is 32.8 Å². The van der Waals surface area contributed by atoms with Gasteiger partial charge in [0.15, 0.2) is 11.5 Å². The van der Waals surface area contributed by atoms with E-state index in [1.807, 2.05) is 41.3 Å². The highest BCUT2D eigenvalue weighted by molar-refractivity contribution is 9.10. The lowest BCUT2D eigenvalue weighted by atomic mass is 10.1. The number of benzene rings is 3. The van der Waals surface area contributed by atoms with E-state index < -0.39 is 0 Å². The van der Waals surface area contributed by atoms with Gasteiger partial charge in [0.25, 0.3) is 0 Å². The number of imidazole rings is 1. The van der Waals surface area contributed by atoms with Gasteiger partial charge in [-0.1, -0.05) is 40.2 Å². The first kappa shape index (κ1) is 20.3. The first-order valence-corrected chi connectivity index (χ1v) is 11.8. The van der Waals surface area contributed by atoms with Crippen molar-refractivity contribution in [2.24, 2.45) is 0 Å². The number of amides is 1. The van der Waals surface area contributed by atoms with Gasteiger partial charge in [0.05, 0.1) is 11.0 Å². The van der Waals surface area contributed by atoms with Crippen molar-refractivity contribution in [2.45, 2.75) is 18.9 Å². The SMILES string of the molecule is O=C1CC(c2nc3ccccc3n2Cc2ccc(Br)cc2)CN1c1ccc2c(c1)OCCO2. The van der Waals surface area contributed by atoms with Crippen LogP contribution in [0.2, 0.25) is 0 Å². The van der Waals surface area contributed by atoms with Gasteiger partial charge < -0.3 is 18.9 Å². The Morgan fingerprint density at radius 2 is 1.76 bits per heavy atom. The lowest BCUT2D eigenvalue weighted by Crippen LogP contribution is -2.25. The molecule has 1 unspecified atom stereocenters. The summed E-state index contributed by atoms with van der Waals surface area (Å²) in [6.07, 6.45) is 0.429. The van der Waals surface area contributed by atoms with Gasteiger partial charge in [0, 0.05) is 41.7 Å². The molecule has 1 amide bonds. The number of halogens is 1. The Bertz CT molecular complexity index is 1350. The van der Waals surface area contributed by atoms with Gasteiger partial charge in [-0.3, -0.25) is 4.79 Å². The van der Waals surface area contributed by atoms with Crippen LogP contribution in [0.3, 0.4) is 0 Å². The molecule has 0 radical (unpaired) electrons. The molecule has 0 aliphatic carbocycles. The van der Waals surface area contributed by atoms with Crippen LogP contribution in [0, 0.1) is 0 Å². The molecular weight excluding hydrogens is 482 g/mol. The first-order chi connectivity index (χ1) is 16.2. The molecule has 7 heteroatoms. The number of carbonyl (C=O) groups excluding carboxylic acids is 1. The van der Waals surface area contributed by atoms with Gasteiger partial charge >= 0.3 is 0 Å². The number of ether oxygens (including phenoxy) is 2. The van der Waals surface area contributed by atoms with E-state index in [4.69, 9.17) is 14.5 Å². The summed E-state index contributed by atoms with van der Waals surface area (Å²) in [6, 6.07) is 22.2. The second-order valence-corrected chi connectivity index (χ2v) is 9.32. The summed E-state index contributed by atoms with van der Waals surface area (Å²) >= 11 is 3.51. The van der Waals surface area contributed by atoms with Gasteiger partial charge in [-0.15, -0.1) is 0 Å². The summed E-state index contributed by atoms with van der Waals surface area (Å²) in [5, 5.41) is 0. The van der Waals surface area contributed by atoms with Gasteiger partial charge in [-0.05, 0) is 42.0 Å². The van der Waals surface area contributed by atoms with Crippen LogP contribution in [0.25, 0.3) is 11.0 Å². The maximum atomic E-state index is 13.1. The quantitative estimate of drug-likeness (QED) is 0.387. The molecule has 1 atom stereocenters. The third-order valence-corrected chi connectivity index (χ3v) is 6.79. The van der Waals surface area contributed by atoms with E-state index >= 15 is 0 Å². The number of fused-ring (bicyclic) bond motifs is 2. The smallest absolute Gasteiger partial charge is 0.227 e. The monoisotopic (exact) mass is 503 g/mol. The molecule has 6 nitrogen and oxygen atoms in total. The summed E-state index contributed by atoms with van der Waals surface area (Å²) in [4.78, 5) is 19.9. The van der Waals surface area contributed by atoms with Crippen LogP contribution in [0.1, 0.15) is 23.7 Å². The van der Waals surface area contributed by atoms with E-state index in [2.05, 4.69) is 50.8 Å². The highest BCUT2D eigenvalue weighted by atomic mass is 79.9. The van der Waals surface area contributed by atoms with Crippen molar-refractivity contribution in [2.75, 3.05) is 24.7 Å². The van der Waals surface area contributed by atoms with Crippen LogP contribution >= 0.6 is 15.9 Å². The Hall–Kier alpha value is -3.32. The fourth-order valence-electron chi connectivity index (χ4n) is 4.67. The molecule has 1 saturated heterocycles. The molecule has 0 N–H and O–H groups in total. The van der Waals surface area contributed by atoms with Crippen molar-refractivity contribution in [1.29, 1.82) is 0 Å². The van der Waals surface area contributed by atoms with Gasteiger partial charge in [-0.25, -0.2) is 4.98 Å². The highest BCUT2D eigenvalue weighted by Gasteiger charge is 2.35.